The van der Waals surface area contributed by atoms with Crippen molar-refractivity contribution in [3.05, 3.63) is 35.9 Å². The fourth-order valence-corrected chi connectivity index (χ4v) is 4.33. The number of benzene rings is 1. The van der Waals surface area contributed by atoms with Crippen molar-refractivity contribution in [1.82, 2.24) is 15.1 Å². The van der Waals surface area contributed by atoms with E-state index in [2.05, 4.69) is 5.32 Å². The summed E-state index contributed by atoms with van der Waals surface area (Å²) in [5, 5.41) is 3.14. The fraction of sp³-hybridized carbons (Fsp3) is 0.500. The van der Waals surface area contributed by atoms with Crippen molar-refractivity contribution in [2.24, 2.45) is 11.8 Å². The molecule has 1 N–H and O–H groups in total. The molecule has 0 spiro atoms. The number of hydrogen-bond donors (Lipinski definition) is 1. The molecule has 0 aliphatic carbocycles. The highest BCUT2D eigenvalue weighted by atomic mass is 16.5. The van der Waals surface area contributed by atoms with Gasteiger partial charge in [-0.3, -0.25) is 29.4 Å². The molecule has 0 radical (unpaired) electrons. The van der Waals surface area contributed by atoms with Gasteiger partial charge in [-0.1, -0.05) is 18.2 Å². The Kier molecular flexibility index (Phi) is 5.25. The first-order valence-corrected chi connectivity index (χ1v) is 9.28. The number of rotatable bonds is 5. The monoisotopic (exact) mass is 387 g/mol. The zero-order chi connectivity index (χ0) is 20.6. The van der Waals surface area contributed by atoms with Gasteiger partial charge >= 0.3 is 5.97 Å². The van der Waals surface area contributed by atoms with Gasteiger partial charge in [0.05, 0.1) is 18.9 Å². The van der Waals surface area contributed by atoms with Crippen LogP contribution in [0, 0.1) is 11.8 Å². The third-order valence-electron chi connectivity index (χ3n) is 5.83. The number of ether oxygens (including phenoxy) is 1. The number of esters is 1. The van der Waals surface area contributed by atoms with Crippen LogP contribution in [-0.4, -0.2) is 72.3 Å². The van der Waals surface area contributed by atoms with E-state index in [0.29, 0.717) is 12.1 Å². The van der Waals surface area contributed by atoms with Crippen LogP contribution < -0.4 is 5.32 Å². The third-order valence-corrected chi connectivity index (χ3v) is 5.83. The fourth-order valence-electron chi connectivity index (χ4n) is 4.33. The molecule has 0 saturated carbocycles. The van der Waals surface area contributed by atoms with Crippen molar-refractivity contribution < 1.29 is 23.9 Å². The maximum absolute atomic E-state index is 12.9. The minimum Gasteiger partial charge on any atom is -0.468 e. The molecule has 2 saturated heterocycles. The van der Waals surface area contributed by atoms with Crippen molar-refractivity contribution in [3.8, 4) is 0 Å². The third kappa shape index (κ3) is 2.97. The summed E-state index contributed by atoms with van der Waals surface area (Å²) in [7, 11) is 2.67. The number of amides is 3. The first-order valence-electron chi connectivity index (χ1n) is 9.28. The van der Waals surface area contributed by atoms with Gasteiger partial charge < -0.3 is 9.64 Å². The smallest absolute Gasteiger partial charge is 0.326 e. The van der Waals surface area contributed by atoms with Crippen LogP contribution in [0.5, 0.6) is 0 Å². The highest BCUT2D eigenvalue weighted by Crippen LogP contribution is 2.43. The van der Waals surface area contributed by atoms with Crippen LogP contribution in [0.15, 0.2) is 30.3 Å². The van der Waals surface area contributed by atoms with Gasteiger partial charge in [0.2, 0.25) is 11.8 Å². The van der Waals surface area contributed by atoms with Crippen molar-refractivity contribution in [3.63, 3.8) is 0 Å². The number of likely N-dealkylation sites (tertiary alicyclic amines) is 1. The molecule has 1 aromatic rings. The van der Waals surface area contributed by atoms with Gasteiger partial charge in [0.15, 0.2) is 0 Å². The Labute approximate surface area is 163 Å². The number of nitrogens with zero attached hydrogens (tertiary/aromatic N) is 2. The molecule has 150 valence electrons. The number of carbonyl (C=O) groups excluding carboxylic acids is 4. The van der Waals surface area contributed by atoms with Crippen LogP contribution in [0.1, 0.15) is 24.2 Å². The molecule has 2 fully saturated rings. The molecular formula is C20H25N3O5. The predicted molar refractivity (Wildman–Crippen MR) is 100 cm³/mol. The zero-order valence-electron chi connectivity index (χ0n) is 16.5. The first kappa shape index (κ1) is 20.0. The zero-order valence-corrected chi connectivity index (χ0v) is 16.5. The molecule has 4 atom stereocenters. The largest absolute Gasteiger partial charge is 0.468 e. The average molecular weight is 387 g/mol. The van der Waals surface area contributed by atoms with Gasteiger partial charge in [-0.2, -0.15) is 0 Å². The number of carbonyl (C=O) groups is 4. The second-order valence-corrected chi connectivity index (χ2v) is 7.39. The number of methoxy groups -OCH3 is 1. The molecule has 2 heterocycles. The van der Waals surface area contributed by atoms with Crippen LogP contribution in [0.25, 0.3) is 0 Å². The summed E-state index contributed by atoms with van der Waals surface area (Å²) in [5.74, 6) is -3.09. The highest BCUT2D eigenvalue weighted by molar-refractivity contribution is 6.09. The lowest BCUT2D eigenvalue weighted by Crippen LogP contribution is -2.56. The summed E-state index contributed by atoms with van der Waals surface area (Å²) in [6.07, 6.45) is 0. The molecule has 8 heteroatoms. The molecule has 0 unspecified atom stereocenters. The van der Waals surface area contributed by atoms with Crippen molar-refractivity contribution >= 4 is 23.7 Å². The predicted octanol–water partition coefficient (Wildman–Crippen LogP) is 0.283. The number of imide groups is 1. The van der Waals surface area contributed by atoms with Gasteiger partial charge in [0.25, 0.3) is 5.91 Å². The Morgan fingerprint density at radius 3 is 2.43 bits per heavy atom. The van der Waals surface area contributed by atoms with Crippen molar-refractivity contribution in [2.75, 3.05) is 27.2 Å². The SMILES string of the molecule is CCN(C[C@H]1N[C@@](C)(C(=O)OC)[C@H]2C(=O)N(C)C(=O)[C@@H]12)C(=O)c1ccccc1. The van der Waals surface area contributed by atoms with Crippen LogP contribution >= 0.6 is 0 Å². The van der Waals surface area contributed by atoms with Crippen LogP contribution in [0.3, 0.4) is 0 Å². The van der Waals surface area contributed by atoms with Gasteiger partial charge in [0.1, 0.15) is 5.54 Å². The standard InChI is InChI=1S/C20H25N3O5/c1-5-23(16(24)12-9-7-6-8-10-12)11-13-14-15(18(26)22(3)17(14)25)20(2,21-13)19(27)28-4/h6-10,13-15,21H,5,11H2,1-4H3/t13-,14+,15-,20-/m1/s1. The molecule has 28 heavy (non-hydrogen) atoms. The Balaban J connectivity index is 1.90. The lowest BCUT2D eigenvalue weighted by molar-refractivity contribution is -0.152. The molecule has 1 aromatic carbocycles. The molecule has 3 amide bonds. The lowest BCUT2D eigenvalue weighted by atomic mass is 9.81. The maximum Gasteiger partial charge on any atom is 0.326 e. The topological polar surface area (TPSA) is 96.0 Å². The normalized spacial score (nSPS) is 29.0. The Hall–Kier alpha value is -2.74. The lowest BCUT2D eigenvalue weighted by Gasteiger charge is -2.30. The summed E-state index contributed by atoms with van der Waals surface area (Å²) in [6.45, 7) is 4.05. The molecule has 2 aliphatic heterocycles. The van der Waals surface area contributed by atoms with Crippen LogP contribution in [0.4, 0.5) is 0 Å². The second-order valence-electron chi connectivity index (χ2n) is 7.39. The van der Waals surface area contributed by atoms with Crippen LogP contribution in [0.2, 0.25) is 0 Å². The van der Waals surface area contributed by atoms with E-state index >= 15 is 0 Å². The number of fused-ring (bicyclic) bond motifs is 1. The summed E-state index contributed by atoms with van der Waals surface area (Å²) in [6, 6.07) is 8.32. The van der Waals surface area contributed by atoms with Crippen LogP contribution in [-0.2, 0) is 19.1 Å². The van der Waals surface area contributed by atoms with E-state index in [1.54, 1.807) is 36.1 Å². The molecule has 0 aromatic heterocycles. The van der Waals surface area contributed by atoms with E-state index in [9.17, 15) is 19.2 Å². The quantitative estimate of drug-likeness (QED) is 0.576. The molecular weight excluding hydrogens is 362 g/mol. The van der Waals surface area contributed by atoms with E-state index < -0.39 is 35.3 Å². The molecule has 3 rings (SSSR count). The molecule has 2 aliphatic rings. The van der Waals surface area contributed by atoms with E-state index in [0.717, 1.165) is 4.90 Å². The Morgan fingerprint density at radius 1 is 1.21 bits per heavy atom. The first-order chi connectivity index (χ1) is 13.3. The molecule has 8 nitrogen and oxygen atoms in total. The van der Waals surface area contributed by atoms with Gasteiger partial charge in [-0.15, -0.1) is 0 Å². The van der Waals surface area contributed by atoms with Crippen molar-refractivity contribution in [1.29, 1.82) is 0 Å². The minimum atomic E-state index is -1.32. The maximum atomic E-state index is 12.9. The van der Waals surface area contributed by atoms with Crippen molar-refractivity contribution in [2.45, 2.75) is 25.4 Å². The van der Waals surface area contributed by atoms with E-state index in [1.807, 2.05) is 13.0 Å². The van der Waals surface area contributed by atoms with E-state index in [-0.39, 0.29) is 18.4 Å². The number of hydrogen-bond acceptors (Lipinski definition) is 6. The van der Waals surface area contributed by atoms with E-state index in [1.165, 1.54) is 14.2 Å². The highest BCUT2D eigenvalue weighted by Gasteiger charge is 2.66. The second kappa shape index (κ2) is 7.35. The summed E-state index contributed by atoms with van der Waals surface area (Å²) < 4.78 is 4.90. The van der Waals surface area contributed by atoms with Gasteiger partial charge in [0, 0.05) is 31.7 Å². The van der Waals surface area contributed by atoms with Gasteiger partial charge in [-0.25, -0.2) is 0 Å². The summed E-state index contributed by atoms with van der Waals surface area (Å²) in [4.78, 5) is 53.4. The van der Waals surface area contributed by atoms with Gasteiger partial charge in [-0.05, 0) is 26.0 Å². The summed E-state index contributed by atoms with van der Waals surface area (Å²) in [5.41, 5.74) is -0.780. The van der Waals surface area contributed by atoms with E-state index in [4.69, 9.17) is 4.74 Å². The Bertz CT molecular complexity index is 811. The molecule has 0 bridgehead atoms. The summed E-state index contributed by atoms with van der Waals surface area (Å²) >= 11 is 0. The number of likely N-dealkylation sites (N-methyl/N-ethyl adjacent to an activating group) is 1. The Morgan fingerprint density at radius 2 is 1.86 bits per heavy atom. The average Bonchev–Trinajstić information content (AvgIpc) is 3.14. The minimum absolute atomic E-state index is 0.168. The number of nitrogens with one attached hydrogen (secondary N) is 1.